The van der Waals surface area contributed by atoms with E-state index >= 15 is 0 Å². The highest BCUT2D eigenvalue weighted by Gasteiger charge is 2.26. The van der Waals surface area contributed by atoms with Gasteiger partial charge in [-0.05, 0) is 0 Å². The molecule has 27 heavy (non-hydrogen) atoms. The number of nitrogens with one attached hydrogen (secondary N) is 2. The molecular formula is C12H16N6O5S4. The first-order valence-corrected chi connectivity index (χ1v) is 11.3. The molecule has 2 rings (SSSR count). The molecule has 0 aliphatic heterocycles. The Morgan fingerprint density at radius 3 is 2.41 bits per heavy atom. The van der Waals surface area contributed by atoms with Gasteiger partial charge in [0.05, 0.1) is 12.9 Å². The van der Waals surface area contributed by atoms with Crippen molar-refractivity contribution < 1.29 is 22.7 Å². The van der Waals surface area contributed by atoms with E-state index in [-0.39, 0.29) is 26.3 Å². The topological polar surface area (TPSA) is 153 Å². The Morgan fingerprint density at radius 2 is 1.78 bits per heavy atom. The van der Waals surface area contributed by atoms with Gasteiger partial charge < -0.3 is 10.1 Å². The van der Waals surface area contributed by atoms with Gasteiger partial charge in [-0.25, -0.2) is 0 Å². The molecule has 0 aromatic carbocycles. The van der Waals surface area contributed by atoms with Crippen molar-refractivity contribution in [2.75, 3.05) is 22.9 Å². The summed E-state index contributed by atoms with van der Waals surface area (Å²) in [6.07, 6.45) is 0. The fourth-order valence-corrected chi connectivity index (χ4v) is 5.01. The number of ether oxygens (including phenoxy) is 1. The number of carbonyl (C=O) groups is 2. The summed E-state index contributed by atoms with van der Waals surface area (Å²) in [6, 6.07) is 0. The molecule has 15 heteroatoms. The Balaban J connectivity index is 2.04. The van der Waals surface area contributed by atoms with Crippen LogP contribution in [0.25, 0.3) is 0 Å². The molecule has 2 aromatic rings. The van der Waals surface area contributed by atoms with Gasteiger partial charge in [0.2, 0.25) is 16.2 Å². The first-order valence-electron chi connectivity index (χ1n) is 7.22. The third kappa shape index (κ3) is 6.08. The number of thioether (sulfide) groups is 1. The summed E-state index contributed by atoms with van der Waals surface area (Å²) >= 11 is 2.74. The molecule has 2 aromatic heterocycles. The van der Waals surface area contributed by atoms with Crippen LogP contribution in [-0.4, -0.2) is 53.6 Å². The van der Waals surface area contributed by atoms with E-state index in [0.29, 0.717) is 15.7 Å². The van der Waals surface area contributed by atoms with E-state index < -0.39 is 21.4 Å². The van der Waals surface area contributed by atoms with Gasteiger partial charge in [0.1, 0.15) is 0 Å². The Labute approximate surface area is 167 Å². The molecule has 0 radical (unpaired) electrons. The minimum atomic E-state index is -4.04. The van der Waals surface area contributed by atoms with Crippen molar-refractivity contribution >= 4 is 66.6 Å². The minimum absolute atomic E-state index is 0.0119. The van der Waals surface area contributed by atoms with Crippen molar-refractivity contribution in [3.63, 3.8) is 0 Å². The van der Waals surface area contributed by atoms with Crippen molar-refractivity contribution in [3.8, 4) is 0 Å². The number of methoxy groups -OCH3 is 1. The smallest absolute Gasteiger partial charge is 0.316 e. The predicted octanol–water partition coefficient (Wildman–Crippen LogP) is 1.44. The highest BCUT2D eigenvalue weighted by atomic mass is 32.2. The molecule has 0 aliphatic rings. The molecule has 2 heterocycles. The van der Waals surface area contributed by atoms with Crippen LogP contribution in [-0.2, 0) is 24.3 Å². The van der Waals surface area contributed by atoms with E-state index in [1.54, 1.807) is 20.8 Å². The van der Waals surface area contributed by atoms with Crippen molar-refractivity contribution in [1.82, 2.24) is 20.4 Å². The van der Waals surface area contributed by atoms with E-state index in [2.05, 4.69) is 35.2 Å². The quantitative estimate of drug-likeness (QED) is 0.358. The number of aromatic nitrogens is 4. The number of amides is 1. The van der Waals surface area contributed by atoms with Crippen LogP contribution in [0.15, 0.2) is 8.68 Å². The van der Waals surface area contributed by atoms with Gasteiger partial charge in [-0.15, -0.1) is 20.4 Å². The standard InChI is InChI=1S/C12H16N6O5S4/c1-12(2,3)7(20)13-8-14-17-11(26-8)27(21,22)18-9-15-16-10(25-9)24-5-6(19)23-4/h5H2,1-4H3,(H,15,18)(H,13,14,20). The number of carbonyl (C=O) groups excluding carboxylic acids is 2. The van der Waals surface area contributed by atoms with Crippen molar-refractivity contribution in [2.24, 2.45) is 5.41 Å². The molecule has 0 spiro atoms. The monoisotopic (exact) mass is 452 g/mol. The lowest BCUT2D eigenvalue weighted by Gasteiger charge is -2.15. The summed E-state index contributed by atoms with van der Waals surface area (Å²) in [5.74, 6) is -0.714. The van der Waals surface area contributed by atoms with E-state index in [1.165, 1.54) is 7.11 Å². The van der Waals surface area contributed by atoms with Crippen molar-refractivity contribution in [2.45, 2.75) is 29.5 Å². The van der Waals surface area contributed by atoms with Gasteiger partial charge in [-0.3, -0.25) is 14.3 Å². The summed E-state index contributed by atoms with van der Waals surface area (Å²) in [5.41, 5.74) is -0.659. The Bertz CT molecular complexity index is 932. The summed E-state index contributed by atoms with van der Waals surface area (Å²) < 4.78 is 31.5. The third-order valence-corrected chi connectivity index (χ3v) is 7.33. The van der Waals surface area contributed by atoms with Crippen LogP contribution >= 0.6 is 34.4 Å². The second-order valence-electron chi connectivity index (χ2n) is 5.92. The molecule has 0 fully saturated rings. The zero-order valence-corrected chi connectivity index (χ0v) is 17.9. The lowest BCUT2D eigenvalue weighted by Crippen LogP contribution is -2.27. The Kier molecular flexibility index (Phi) is 6.72. The molecule has 11 nitrogen and oxygen atoms in total. The largest absolute Gasteiger partial charge is 0.468 e. The number of nitrogens with zero attached hydrogens (tertiary/aromatic N) is 4. The molecule has 0 aliphatic carbocycles. The first kappa shape index (κ1) is 21.5. The van der Waals surface area contributed by atoms with E-state index in [0.717, 1.165) is 23.1 Å². The number of rotatable bonds is 7. The second-order valence-corrected chi connectivity index (χ2v) is 11.0. The van der Waals surface area contributed by atoms with Crippen LogP contribution in [0.2, 0.25) is 0 Å². The van der Waals surface area contributed by atoms with Crippen molar-refractivity contribution in [3.05, 3.63) is 0 Å². The maximum atomic E-state index is 12.4. The zero-order chi connectivity index (χ0) is 20.2. The normalized spacial score (nSPS) is 11.9. The molecule has 1 amide bonds. The molecular weight excluding hydrogens is 436 g/mol. The SMILES string of the molecule is COC(=O)CSc1nnc(NS(=O)(=O)c2nnc(NC(=O)C(C)(C)C)s2)s1. The van der Waals surface area contributed by atoms with Crippen LogP contribution in [0.1, 0.15) is 20.8 Å². The molecule has 0 bridgehead atoms. The number of esters is 1. The first-order chi connectivity index (χ1) is 12.5. The van der Waals surface area contributed by atoms with Gasteiger partial charge in [0.15, 0.2) is 4.34 Å². The molecule has 0 saturated carbocycles. The zero-order valence-electron chi connectivity index (χ0n) is 14.7. The molecule has 0 saturated heterocycles. The molecule has 148 valence electrons. The summed E-state index contributed by atoms with van der Waals surface area (Å²) in [6.45, 7) is 5.15. The second kappa shape index (κ2) is 8.45. The van der Waals surface area contributed by atoms with Gasteiger partial charge in [0, 0.05) is 5.41 Å². The third-order valence-electron chi connectivity index (χ3n) is 2.71. The van der Waals surface area contributed by atoms with Crippen LogP contribution in [0.4, 0.5) is 10.3 Å². The van der Waals surface area contributed by atoms with Crippen LogP contribution in [0, 0.1) is 5.41 Å². The predicted molar refractivity (Wildman–Crippen MR) is 101 cm³/mol. The number of hydrogen-bond acceptors (Lipinski definition) is 12. The molecule has 0 unspecified atom stereocenters. The lowest BCUT2D eigenvalue weighted by atomic mass is 9.96. The highest BCUT2D eigenvalue weighted by Crippen LogP contribution is 2.28. The summed E-state index contributed by atoms with van der Waals surface area (Å²) in [7, 11) is -2.77. The van der Waals surface area contributed by atoms with Gasteiger partial charge in [0.25, 0.3) is 14.4 Å². The van der Waals surface area contributed by atoms with E-state index in [9.17, 15) is 18.0 Å². The Morgan fingerprint density at radius 1 is 1.11 bits per heavy atom. The average Bonchev–Trinajstić information content (AvgIpc) is 3.21. The van der Waals surface area contributed by atoms with Gasteiger partial charge >= 0.3 is 5.97 Å². The number of anilines is 2. The number of sulfonamides is 1. The van der Waals surface area contributed by atoms with Crippen LogP contribution in [0.3, 0.4) is 0 Å². The maximum Gasteiger partial charge on any atom is 0.316 e. The van der Waals surface area contributed by atoms with Gasteiger partial charge in [-0.1, -0.05) is 55.2 Å². The maximum absolute atomic E-state index is 12.4. The van der Waals surface area contributed by atoms with E-state index in [1.807, 2.05) is 0 Å². The fourth-order valence-electron chi connectivity index (χ4n) is 1.30. The van der Waals surface area contributed by atoms with Crippen LogP contribution in [0.5, 0.6) is 0 Å². The average molecular weight is 453 g/mol. The number of hydrogen-bond donors (Lipinski definition) is 2. The summed E-state index contributed by atoms with van der Waals surface area (Å²) in [5, 5.41) is 17.3. The summed E-state index contributed by atoms with van der Waals surface area (Å²) in [4.78, 5) is 23.0. The fraction of sp³-hybridized carbons (Fsp3) is 0.500. The Hall–Kier alpha value is -1.84. The molecule has 2 N–H and O–H groups in total. The van der Waals surface area contributed by atoms with Crippen molar-refractivity contribution in [1.29, 1.82) is 0 Å². The molecule has 0 atom stereocenters. The lowest BCUT2D eigenvalue weighted by molar-refractivity contribution is -0.137. The highest BCUT2D eigenvalue weighted by molar-refractivity contribution is 8.01. The van der Waals surface area contributed by atoms with Crippen LogP contribution < -0.4 is 10.0 Å². The van der Waals surface area contributed by atoms with E-state index in [4.69, 9.17) is 0 Å². The van der Waals surface area contributed by atoms with Gasteiger partial charge in [-0.2, -0.15) is 8.42 Å². The minimum Gasteiger partial charge on any atom is -0.468 e.